The van der Waals surface area contributed by atoms with Gasteiger partial charge >= 0.3 is 7.82 Å². The van der Waals surface area contributed by atoms with Crippen molar-refractivity contribution < 1.29 is 32.9 Å². The molecule has 0 radical (unpaired) electrons. The van der Waals surface area contributed by atoms with E-state index in [2.05, 4.69) is 79.9 Å². The number of aliphatic hydroxyl groups is 1. The average Bonchev–Trinajstić information content (AvgIpc) is 3.31. The average molecular weight is 991 g/mol. The Kier molecular flexibility index (Phi) is 49.8. The van der Waals surface area contributed by atoms with E-state index >= 15 is 0 Å². The van der Waals surface area contributed by atoms with Gasteiger partial charge in [-0.1, -0.05) is 261 Å². The van der Waals surface area contributed by atoms with Gasteiger partial charge in [0.2, 0.25) is 5.91 Å². The monoisotopic (exact) mass is 990 g/mol. The Hall–Kier alpha value is -1.80. The predicted molar refractivity (Wildman–Crippen MR) is 300 cm³/mol. The van der Waals surface area contributed by atoms with Crippen molar-refractivity contribution in [2.75, 3.05) is 40.9 Å². The van der Waals surface area contributed by atoms with E-state index < -0.39 is 20.0 Å². The van der Waals surface area contributed by atoms with Gasteiger partial charge in [-0.25, -0.2) is 4.57 Å². The smallest absolute Gasteiger partial charge is 0.391 e. The van der Waals surface area contributed by atoms with Crippen molar-refractivity contribution in [3.8, 4) is 0 Å². The highest BCUT2D eigenvalue weighted by molar-refractivity contribution is 7.47. The zero-order chi connectivity index (χ0) is 50.6. The molecule has 0 heterocycles. The zero-order valence-electron chi connectivity index (χ0n) is 46.0. The summed E-state index contributed by atoms with van der Waals surface area (Å²) in [5.41, 5.74) is 0. The van der Waals surface area contributed by atoms with Gasteiger partial charge in [-0.05, 0) is 57.8 Å². The van der Waals surface area contributed by atoms with E-state index in [-0.39, 0.29) is 19.1 Å². The van der Waals surface area contributed by atoms with E-state index in [4.69, 9.17) is 9.05 Å². The van der Waals surface area contributed by atoms with Gasteiger partial charge < -0.3 is 19.8 Å². The van der Waals surface area contributed by atoms with Gasteiger partial charge in [0.05, 0.1) is 39.9 Å². The summed E-state index contributed by atoms with van der Waals surface area (Å²) in [7, 11) is 1.61. The molecule has 0 spiro atoms. The fraction of sp³-hybridized carbons (Fsp3) is 0.817. The first-order valence-electron chi connectivity index (χ1n) is 29.2. The number of nitrogens with zero attached hydrogens (tertiary/aromatic N) is 1. The third-order valence-corrected chi connectivity index (χ3v) is 14.0. The first-order valence-corrected chi connectivity index (χ1v) is 30.6. The lowest BCUT2D eigenvalue weighted by molar-refractivity contribution is -0.870. The van der Waals surface area contributed by atoms with E-state index in [9.17, 15) is 19.4 Å². The maximum atomic E-state index is 13.0. The number of phosphoric ester groups is 1. The highest BCUT2D eigenvalue weighted by Crippen LogP contribution is 2.43. The van der Waals surface area contributed by atoms with E-state index in [1.807, 2.05) is 21.1 Å². The highest BCUT2D eigenvalue weighted by atomic mass is 31.2. The van der Waals surface area contributed by atoms with Crippen LogP contribution in [0.2, 0.25) is 0 Å². The summed E-state index contributed by atoms with van der Waals surface area (Å²) >= 11 is 0. The standard InChI is InChI=1S/C60H113N2O6P/c1-6-8-10-12-14-16-18-20-22-24-26-28-29-30-31-32-33-34-36-38-40-42-44-46-48-50-52-54-60(64)61-58(57-68-69(65,66)67-56-55-62(3,4)5)59(63)53-51-49-47-45-43-41-39-37-35-27-25-23-21-19-17-15-13-11-9-7-2/h8,10,14,16,20,22,26,28,30-31,58-59,63H,6-7,9,11-13,15,17-19,21,23-25,27,29,32-57H2,1-5H3,(H-,61,64,65,66)/p+1/b10-8-,16-14-,22-20-,28-26-,31-30-. The van der Waals surface area contributed by atoms with Crippen molar-refractivity contribution >= 4 is 13.7 Å². The maximum Gasteiger partial charge on any atom is 0.472 e. The Balaban J connectivity index is 4.17. The summed E-state index contributed by atoms with van der Waals surface area (Å²) in [4.78, 5) is 23.4. The second kappa shape index (κ2) is 51.1. The van der Waals surface area contributed by atoms with Crippen molar-refractivity contribution in [2.24, 2.45) is 0 Å². The number of amides is 1. The van der Waals surface area contributed by atoms with Crippen molar-refractivity contribution in [3.63, 3.8) is 0 Å². The minimum atomic E-state index is -4.33. The number of rotatable bonds is 53. The summed E-state index contributed by atoms with van der Waals surface area (Å²) in [5.74, 6) is -0.147. The number of carbonyl (C=O) groups excluding carboxylic acids is 1. The number of hydrogen-bond acceptors (Lipinski definition) is 5. The second-order valence-corrected chi connectivity index (χ2v) is 22.4. The lowest BCUT2D eigenvalue weighted by Gasteiger charge is -2.26. The number of hydrogen-bond donors (Lipinski definition) is 3. The molecule has 0 aromatic carbocycles. The van der Waals surface area contributed by atoms with Crippen LogP contribution in [-0.2, 0) is 18.4 Å². The first kappa shape index (κ1) is 67.2. The third-order valence-electron chi connectivity index (χ3n) is 13.0. The Morgan fingerprint density at radius 3 is 1.28 bits per heavy atom. The Morgan fingerprint density at radius 2 is 0.870 bits per heavy atom. The fourth-order valence-electron chi connectivity index (χ4n) is 8.49. The largest absolute Gasteiger partial charge is 0.472 e. The molecule has 0 aliphatic heterocycles. The molecule has 0 bridgehead atoms. The molecule has 1 amide bonds. The van der Waals surface area contributed by atoms with E-state index in [0.29, 0.717) is 23.9 Å². The predicted octanol–water partition coefficient (Wildman–Crippen LogP) is 17.7. The van der Waals surface area contributed by atoms with Crippen molar-refractivity contribution in [1.82, 2.24) is 5.32 Å². The van der Waals surface area contributed by atoms with Gasteiger partial charge in [-0.2, -0.15) is 0 Å². The number of allylic oxidation sites excluding steroid dienone is 10. The lowest BCUT2D eigenvalue weighted by atomic mass is 10.0. The molecule has 9 heteroatoms. The van der Waals surface area contributed by atoms with Crippen molar-refractivity contribution in [1.29, 1.82) is 0 Å². The van der Waals surface area contributed by atoms with Gasteiger partial charge in [0, 0.05) is 6.42 Å². The fourth-order valence-corrected chi connectivity index (χ4v) is 9.22. The summed E-state index contributed by atoms with van der Waals surface area (Å²) in [6, 6.07) is -0.765. The lowest BCUT2D eigenvalue weighted by Crippen LogP contribution is -2.46. The molecule has 0 rings (SSSR count). The summed E-state index contributed by atoms with van der Waals surface area (Å²) in [6.07, 6.45) is 68.4. The topological polar surface area (TPSA) is 105 Å². The first-order chi connectivity index (χ1) is 33.5. The molecular weight excluding hydrogens is 876 g/mol. The van der Waals surface area contributed by atoms with Gasteiger partial charge in [0.1, 0.15) is 13.2 Å². The van der Waals surface area contributed by atoms with Crippen LogP contribution in [0, 0.1) is 0 Å². The molecule has 3 N–H and O–H groups in total. The van der Waals surface area contributed by atoms with Crippen molar-refractivity contribution in [2.45, 2.75) is 276 Å². The molecule has 0 aromatic rings. The van der Waals surface area contributed by atoms with Crippen LogP contribution in [0.5, 0.6) is 0 Å². The molecule has 0 saturated heterocycles. The molecule has 8 nitrogen and oxygen atoms in total. The van der Waals surface area contributed by atoms with Crippen LogP contribution in [0.15, 0.2) is 60.8 Å². The van der Waals surface area contributed by atoms with Crippen LogP contribution < -0.4 is 5.32 Å². The summed E-state index contributed by atoms with van der Waals surface area (Å²) < 4.78 is 23.8. The van der Waals surface area contributed by atoms with Crippen LogP contribution in [-0.4, -0.2) is 73.4 Å². The second-order valence-electron chi connectivity index (χ2n) is 21.0. The number of quaternary nitrogens is 1. The minimum absolute atomic E-state index is 0.0727. The van der Waals surface area contributed by atoms with Crippen LogP contribution >= 0.6 is 7.82 Å². The number of phosphoric acid groups is 1. The van der Waals surface area contributed by atoms with Crippen LogP contribution in [0.4, 0.5) is 0 Å². The molecule has 0 aliphatic rings. The quantitative estimate of drug-likeness (QED) is 0.0243. The van der Waals surface area contributed by atoms with Crippen LogP contribution in [0.25, 0.3) is 0 Å². The highest BCUT2D eigenvalue weighted by Gasteiger charge is 2.28. The van der Waals surface area contributed by atoms with Crippen LogP contribution in [0.1, 0.15) is 264 Å². The molecule has 404 valence electrons. The van der Waals surface area contributed by atoms with E-state index in [1.54, 1.807) is 0 Å². The molecule has 3 atom stereocenters. The van der Waals surface area contributed by atoms with Crippen LogP contribution in [0.3, 0.4) is 0 Å². The Bertz CT molecular complexity index is 1310. The number of likely N-dealkylation sites (N-methyl/N-ethyl adjacent to an activating group) is 1. The van der Waals surface area contributed by atoms with Gasteiger partial charge in [0.15, 0.2) is 0 Å². The number of aliphatic hydroxyl groups excluding tert-OH is 1. The van der Waals surface area contributed by atoms with Gasteiger partial charge in [-0.3, -0.25) is 13.8 Å². The SMILES string of the molecule is CC/C=C\C/C=C\C/C=C\C/C=C\C/C=C\CCCCCCCCCCCCCC(=O)NC(COP(=O)(O)OCC[N+](C)(C)C)C(O)CCCCCCCCCCCCCCCCCCCCCC. The summed E-state index contributed by atoms with van der Waals surface area (Å²) in [5, 5.41) is 14.1. The van der Waals surface area contributed by atoms with Gasteiger partial charge in [0.25, 0.3) is 0 Å². The van der Waals surface area contributed by atoms with Gasteiger partial charge in [-0.15, -0.1) is 0 Å². The maximum absolute atomic E-state index is 13.0. The molecule has 0 aliphatic carbocycles. The normalized spacial score (nSPS) is 14.4. The molecule has 0 aromatic heterocycles. The van der Waals surface area contributed by atoms with E-state index in [0.717, 1.165) is 70.6 Å². The minimum Gasteiger partial charge on any atom is -0.391 e. The van der Waals surface area contributed by atoms with Crippen molar-refractivity contribution in [3.05, 3.63) is 60.8 Å². The third kappa shape index (κ3) is 53.8. The number of unbranched alkanes of at least 4 members (excludes halogenated alkanes) is 30. The number of carbonyl (C=O) groups is 1. The molecule has 0 saturated carbocycles. The Morgan fingerprint density at radius 1 is 0.507 bits per heavy atom. The molecule has 69 heavy (non-hydrogen) atoms. The summed E-state index contributed by atoms with van der Waals surface area (Å²) in [6.45, 7) is 4.80. The molecule has 3 unspecified atom stereocenters. The Labute approximate surface area is 428 Å². The zero-order valence-corrected chi connectivity index (χ0v) is 46.9. The molecule has 0 fully saturated rings. The molecular formula is C60H114N2O6P+. The number of nitrogens with one attached hydrogen (secondary N) is 1. The van der Waals surface area contributed by atoms with E-state index in [1.165, 1.54) is 167 Å².